The fourth-order valence-electron chi connectivity index (χ4n) is 2.39. The molecule has 1 aliphatic heterocycles. The summed E-state index contributed by atoms with van der Waals surface area (Å²) in [6, 6.07) is 4.58. The number of halogens is 2. The van der Waals surface area contributed by atoms with Gasteiger partial charge in [0.1, 0.15) is 12.4 Å². The molecule has 0 saturated carbocycles. The SMILES string of the molecule is CCCC1CC(=O)N(CC(=O)Nc2ccc(Br)cc2F)CN1. The standard InChI is InChI=1S/C15H19BrFN3O2/c1-2-3-11-7-15(22)20(9-18-11)8-14(21)19-13-5-4-10(16)6-12(13)17/h4-6,11,18H,2-3,7-9H2,1H3,(H,19,21). The van der Waals surface area contributed by atoms with Crippen LogP contribution in [0.25, 0.3) is 0 Å². The largest absolute Gasteiger partial charge is 0.322 e. The lowest BCUT2D eigenvalue weighted by Crippen LogP contribution is -2.52. The van der Waals surface area contributed by atoms with Crippen molar-refractivity contribution in [2.75, 3.05) is 18.5 Å². The molecule has 1 aromatic rings. The van der Waals surface area contributed by atoms with E-state index >= 15 is 0 Å². The highest BCUT2D eigenvalue weighted by atomic mass is 79.9. The van der Waals surface area contributed by atoms with E-state index in [0.29, 0.717) is 17.6 Å². The van der Waals surface area contributed by atoms with E-state index in [1.807, 2.05) is 0 Å². The summed E-state index contributed by atoms with van der Waals surface area (Å²) in [6.07, 6.45) is 2.35. The number of nitrogens with zero attached hydrogens (tertiary/aromatic N) is 1. The molecule has 2 N–H and O–H groups in total. The molecular formula is C15H19BrFN3O2. The normalized spacial score (nSPS) is 18.4. The summed E-state index contributed by atoms with van der Waals surface area (Å²) in [5, 5.41) is 5.72. The topological polar surface area (TPSA) is 61.4 Å². The molecule has 0 radical (unpaired) electrons. The van der Waals surface area contributed by atoms with E-state index in [1.165, 1.54) is 17.0 Å². The zero-order valence-electron chi connectivity index (χ0n) is 12.4. The average molecular weight is 372 g/mol. The summed E-state index contributed by atoms with van der Waals surface area (Å²) in [5.41, 5.74) is 0.106. The third kappa shape index (κ3) is 4.51. The number of carbonyl (C=O) groups is 2. The van der Waals surface area contributed by atoms with Gasteiger partial charge in [0.2, 0.25) is 11.8 Å². The maximum atomic E-state index is 13.7. The van der Waals surface area contributed by atoms with Gasteiger partial charge in [-0.1, -0.05) is 29.3 Å². The van der Waals surface area contributed by atoms with Gasteiger partial charge in [0.25, 0.3) is 0 Å². The molecule has 1 aliphatic rings. The third-order valence-electron chi connectivity index (χ3n) is 3.52. The van der Waals surface area contributed by atoms with Crippen molar-refractivity contribution in [3.63, 3.8) is 0 Å². The van der Waals surface area contributed by atoms with Gasteiger partial charge < -0.3 is 10.2 Å². The molecule has 1 aromatic carbocycles. The summed E-state index contributed by atoms with van der Waals surface area (Å²) in [6.45, 7) is 2.33. The highest BCUT2D eigenvalue weighted by Crippen LogP contribution is 2.19. The van der Waals surface area contributed by atoms with Gasteiger partial charge in [0.05, 0.1) is 12.4 Å². The van der Waals surface area contributed by atoms with Crippen molar-refractivity contribution in [1.82, 2.24) is 10.2 Å². The molecule has 0 bridgehead atoms. The lowest BCUT2D eigenvalue weighted by atomic mass is 10.1. The van der Waals surface area contributed by atoms with Crippen molar-refractivity contribution in [2.24, 2.45) is 0 Å². The van der Waals surface area contributed by atoms with Crippen LogP contribution in [-0.2, 0) is 9.59 Å². The number of amides is 2. The molecule has 7 heteroatoms. The van der Waals surface area contributed by atoms with Gasteiger partial charge in [-0.15, -0.1) is 0 Å². The van der Waals surface area contributed by atoms with Gasteiger partial charge in [-0.3, -0.25) is 14.9 Å². The molecule has 1 heterocycles. The van der Waals surface area contributed by atoms with Crippen LogP contribution in [0.3, 0.4) is 0 Å². The first-order valence-corrected chi connectivity index (χ1v) is 8.05. The summed E-state index contributed by atoms with van der Waals surface area (Å²) < 4.78 is 14.3. The number of anilines is 1. The Hall–Kier alpha value is -1.47. The van der Waals surface area contributed by atoms with Gasteiger partial charge in [-0.25, -0.2) is 4.39 Å². The lowest BCUT2D eigenvalue weighted by molar-refractivity contribution is -0.138. The molecule has 22 heavy (non-hydrogen) atoms. The van der Waals surface area contributed by atoms with E-state index in [0.717, 1.165) is 12.8 Å². The van der Waals surface area contributed by atoms with Crippen molar-refractivity contribution >= 4 is 33.4 Å². The highest BCUT2D eigenvalue weighted by Gasteiger charge is 2.26. The predicted octanol–water partition coefficient (Wildman–Crippen LogP) is 2.47. The van der Waals surface area contributed by atoms with Gasteiger partial charge in [0, 0.05) is 16.9 Å². The highest BCUT2D eigenvalue weighted by molar-refractivity contribution is 9.10. The van der Waals surface area contributed by atoms with E-state index in [2.05, 4.69) is 33.5 Å². The van der Waals surface area contributed by atoms with Crippen molar-refractivity contribution in [3.05, 3.63) is 28.5 Å². The van der Waals surface area contributed by atoms with Crippen LogP contribution in [0.15, 0.2) is 22.7 Å². The Morgan fingerprint density at radius 2 is 2.32 bits per heavy atom. The second-order valence-electron chi connectivity index (χ2n) is 5.32. The molecule has 1 unspecified atom stereocenters. The summed E-state index contributed by atoms with van der Waals surface area (Å²) >= 11 is 3.15. The zero-order valence-corrected chi connectivity index (χ0v) is 14.0. The van der Waals surface area contributed by atoms with Crippen LogP contribution >= 0.6 is 15.9 Å². The maximum Gasteiger partial charge on any atom is 0.244 e. The minimum atomic E-state index is -0.520. The molecule has 1 atom stereocenters. The summed E-state index contributed by atoms with van der Waals surface area (Å²) in [7, 11) is 0. The molecule has 2 amide bonds. The van der Waals surface area contributed by atoms with Crippen LogP contribution in [0, 0.1) is 5.82 Å². The molecule has 0 aromatic heterocycles. The Morgan fingerprint density at radius 3 is 2.95 bits per heavy atom. The molecular weight excluding hydrogens is 353 g/mol. The average Bonchev–Trinajstić information content (AvgIpc) is 2.45. The Balaban J connectivity index is 1.88. The van der Waals surface area contributed by atoms with E-state index in [-0.39, 0.29) is 24.2 Å². The zero-order chi connectivity index (χ0) is 16.1. The fraction of sp³-hybridized carbons (Fsp3) is 0.467. The third-order valence-corrected chi connectivity index (χ3v) is 4.01. The monoisotopic (exact) mass is 371 g/mol. The van der Waals surface area contributed by atoms with Crippen molar-refractivity contribution in [3.8, 4) is 0 Å². The van der Waals surface area contributed by atoms with Crippen LogP contribution in [-0.4, -0.2) is 36.0 Å². The number of hydrogen-bond donors (Lipinski definition) is 2. The number of hydrogen-bond acceptors (Lipinski definition) is 3. The quantitative estimate of drug-likeness (QED) is 0.835. The minimum Gasteiger partial charge on any atom is -0.322 e. The summed E-state index contributed by atoms with van der Waals surface area (Å²) in [5.74, 6) is -0.984. The number of nitrogens with one attached hydrogen (secondary N) is 2. The fourth-order valence-corrected chi connectivity index (χ4v) is 2.72. The minimum absolute atomic E-state index is 0.0522. The van der Waals surface area contributed by atoms with Crippen molar-refractivity contribution in [1.29, 1.82) is 0 Å². The van der Waals surface area contributed by atoms with Gasteiger partial charge >= 0.3 is 0 Å². The number of rotatable bonds is 5. The predicted molar refractivity (Wildman–Crippen MR) is 85.8 cm³/mol. The van der Waals surface area contributed by atoms with Gasteiger partial charge in [-0.2, -0.15) is 0 Å². The van der Waals surface area contributed by atoms with Gasteiger partial charge in [0.15, 0.2) is 0 Å². The first kappa shape index (κ1) is 16.9. The smallest absolute Gasteiger partial charge is 0.244 e. The Kier molecular flexibility index (Phi) is 5.90. The van der Waals surface area contributed by atoms with Crippen LogP contribution in [0.2, 0.25) is 0 Å². The van der Waals surface area contributed by atoms with Crippen molar-refractivity contribution < 1.29 is 14.0 Å². The maximum absolute atomic E-state index is 13.7. The van der Waals surface area contributed by atoms with Crippen LogP contribution in [0.4, 0.5) is 10.1 Å². The molecule has 1 fully saturated rings. The Bertz CT molecular complexity index is 568. The first-order chi connectivity index (χ1) is 10.5. The number of benzene rings is 1. The number of carbonyl (C=O) groups excluding carboxylic acids is 2. The van der Waals surface area contributed by atoms with Gasteiger partial charge in [-0.05, 0) is 24.6 Å². The summed E-state index contributed by atoms with van der Waals surface area (Å²) in [4.78, 5) is 25.4. The van der Waals surface area contributed by atoms with Crippen LogP contribution in [0.1, 0.15) is 26.2 Å². The first-order valence-electron chi connectivity index (χ1n) is 7.25. The van der Waals surface area contributed by atoms with E-state index < -0.39 is 11.7 Å². The van der Waals surface area contributed by atoms with E-state index in [4.69, 9.17) is 0 Å². The van der Waals surface area contributed by atoms with Crippen molar-refractivity contribution in [2.45, 2.75) is 32.2 Å². The second-order valence-corrected chi connectivity index (χ2v) is 6.23. The van der Waals surface area contributed by atoms with Crippen LogP contribution in [0.5, 0.6) is 0 Å². The second kappa shape index (κ2) is 7.69. The Labute approximate surface area is 137 Å². The Morgan fingerprint density at radius 1 is 1.55 bits per heavy atom. The molecule has 1 saturated heterocycles. The molecule has 0 aliphatic carbocycles. The molecule has 0 spiro atoms. The lowest BCUT2D eigenvalue weighted by Gasteiger charge is -2.32. The molecule has 120 valence electrons. The van der Waals surface area contributed by atoms with E-state index in [9.17, 15) is 14.0 Å². The molecule has 5 nitrogen and oxygen atoms in total. The molecule has 2 rings (SSSR count). The van der Waals surface area contributed by atoms with E-state index in [1.54, 1.807) is 6.07 Å². The van der Waals surface area contributed by atoms with Crippen LogP contribution < -0.4 is 10.6 Å².